The first-order chi connectivity index (χ1) is 10.2. The molecule has 0 aliphatic carbocycles. The molecule has 114 valence electrons. The molecule has 1 aromatic carbocycles. The van der Waals surface area contributed by atoms with Crippen LogP contribution in [0.15, 0.2) is 12.1 Å². The lowest BCUT2D eigenvalue weighted by Crippen LogP contribution is -2.37. The Morgan fingerprint density at radius 3 is 2.90 bits per heavy atom. The number of thiazole rings is 1. The summed E-state index contributed by atoms with van der Waals surface area (Å²) in [5.74, 6) is -1.18. The maximum Gasteiger partial charge on any atom is 0.183 e. The summed E-state index contributed by atoms with van der Waals surface area (Å²) in [7, 11) is 0. The van der Waals surface area contributed by atoms with Crippen molar-refractivity contribution in [3.63, 3.8) is 0 Å². The van der Waals surface area contributed by atoms with Crippen LogP contribution in [0.4, 0.5) is 13.9 Å². The number of nitrogens with zero attached hydrogens (tertiary/aromatic N) is 2. The fourth-order valence-electron chi connectivity index (χ4n) is 2.36. The standard InChI is InChI=1S/C14H17F2N3OS/c15-10-8-11(16)13-12(9-10)21-14(18-13)17-2-1-3-19-4-6-20-7-5-19/h8-9H,1-7H2,(H,17,18). The van der Waals surface area contributed by atoms with Gasteiger partial charge in [-0.2, -0.15) is 0 Å². The molecule has 7 heteroatoms. The van der Waals surface area contributed by atoms with E-state index in [1.165, 1.54) is 17.4 Å². The lowest BCUT2D eigenvalue weighted by molar-refractivity contribution is 0.0378. The Kier molecular flexibility index (Phi) is 4.62. The highest BCUT2D eigenvalue weighted by Crippen LogP contribution is 2.28. The van der Waals surface area contributed by atoms with E-state index in [1.807, 2.05) is 0 Å². The van der Waals surface area contributed by atoms with Gasteiger partial charge in [-0.3, -0.25) is 4.90 Å². The summed E-state index contributed by atoms with van der Waals surface area (Å²) in [4.78, 5) is 6.53. The third kappa shape index (κ3) is 3.66. The van der Waals surface area contributed by atoms with Gasteiger partial charge < -0.3 is 10.1 Å². The Balaban J connectivity index is 1.52. The quantitative estimate of drug-likeness (QED) is 0.861. The summed E-state index contributed by atoms with van der Waals surface area (Å²) < 4.78 is 32.5. The summed E-state index contributed by atoms with van der Waals surface area (Å²) in [6.07, 6.45) is 0.979. The summed E-state index contributed by atoms with van der Waals surface area (Å²) in [6, 6.07) is 2.18. The molecule has 1 fully saturated rings. The van der Waals surface area contributed by atoms with Crippen LogP contribution in [0.5, 0.6) is 0 Å². The molecule has 0 amide bonds. The molecule has 3 rings (SSSR count). The van der Waals surface area contributed by atoms with Gasteiger partial charge in [0.2, 0.25) is 0 Å². The Morgan fingerprint density at radius 1 is 1.29 bits per heavy atom. The van der Waals surface area contributed by atoms with Crippen LogP contribution in [0.1, 0.15) is 6.42 Å². The van der Waals surface area contributed by atoms with Gasteiger partial charge in [-0.25, -0.2) is 13.8 Å². The highest BCUT2D eigenvalue weighted by Gasteiger charge is 2.11. The van der Waals surface area contributed by atoms with Gasteiger partial charge in [-0.15, -0.1) is 0 Å². The maximum atomic E-state index is 13.5. The minimum atomic E-state index is -0.609. The molecule has 1 aliphatic heterocycles. The second kappa shape index (κ2) is 6.64. The lowest BCUT2D eigenvalue weighted by atomic mass is 10.3. The first-order valence-corrected chi connectivity index (χ1v) is 7.83. The van der Waals surface area contributed by atoms with Crippen LogP contribution < -0.4 is 5.32 Å². The molecule has 0 unspecified atom stereocenters. The molecule has 1 aromatic heterocycles. The van der Waals surface area contributed by atoms with Gasteiger partial charge in [0.1, 0.15) is 11.3 Å². The number of benzene rings is 1. The number of aromatic nitrogens is 1. The van der Waals surface area contributed by atoms with E-state index in [0.29, 0.717) is 9.83 Å². The van der Waals surface area contributed by atoms with Crippen LogP contribution in [-0.2, 0) is 4.74 Å². The third-order valence-electron chi connectivity index (χ3n) is 3.44. The van der Waals surface area contributed by atoms with Crippen molar-refractivity contribution in [2.24, 2.45) is 0 Å². The number of nitrogens with one attached hydrogen (secondary N) is 1. The highest BCUT2D eigenvalue weighted by atomic mass is 32.1. The van der Waals surface area contributed by atoms with Crippen molar-refractivity contribution in [3.05, 3.63) is 23.8 Å². The predicted octanol–water partition coefficient (Wildman–Crippen LogP) is 2.71. The smallest absolute Gasteiger partial charge is 0.183 e. The van der Waals surface area contributed by atoms with Crippen molar-refractivity contribution in [2.75, 3.05) is 44.7 Å². The molecule has 1 N–H and O–H groups in total. The van der Waals surface area contributed by atoms with E-state index in [2.05, 4.69) is 15.2 Å². The SMILES string of the molecule is Fc1cc(F)c2nc(NCCCN3CCOCC3)sc2c1. The van der Waals surface area contributed by atoms with Gasteiger partial charge in [0.05, 0.1) is 17.9 Å². The Labute approximate surface area is 125 Å². The van der Waals surface area contributed by atoms with Gasteiger partial charge in [0, 0.05) is 25.7 Å². The summed E-state index contributed by atoms with van der Waals surface area (Å²) in [5.41, 5.74) is 0.233. The fourth-order valence-corrected chi connectivity index (χ4v) is 3.29. The van der Waals surface area contributed by atoms with E-state index in [0.717, 1.165) is 51.9 Å². The number of anilines is 1. The molecule has 2 heterocycles. The molecule has 21 heavy (non-hydrogen) atoms. The molecule has 0 spiro atoms. The van der Waals surface area contributed by atoms with E-state index < -0.39 is 11.6 Å². The molecule has 2 aromatic rings. The number of rotatable bonds is 5. The van der Waals surface area contributed by atoms with E-state index in [-0.39, 0.29) is 5.52 Å². The number of hydrogen-bond acceptors (Lipinski definition) is 5. The van der Waals surface area contributed by atoms with Gasteiger partial charge in [0.15, 0.2) is 10.9 Å². The second-order valence-corrected chi connectivity index (χ2v) is 6.02. The maximum absolute atomic E-state index is 13.5. The fraction of sp³-hybridized carbons (Fsp3) is 0.500. The Morgan fingerprint density at radius 2 is 2.10 bits per heavy atom. The van der Waals surface area contributed by atoms with Crippen LogP contribution in [-0.4, -0.2) is 49.3 Å². The first-order valence-electron chi connectivity index (χ1n) is 7.02. The van der Waals surface area contributed by atoms with Crippen LogP contribution in [0.25, 0.3) is 10.2 Å². The first kappa shape index (κ1) is 14.6. The molecular formula is C14H17F2N3OS. The molecular weight excluding hydrogens is 296 g/mol. The number of hydrogen-bond donors (Lipinski definition) is 1. The van der Waals surface area contributed by atoms with Crippen molar-refractivity contribution in [3.8, 4) is 0 Å². The monoisotopic (exact) mass is 313 g/mol. The third-order valence-corrected chi connectivity index (χ3v) is 4.40. The Hall–Kier alpha value is -1.31. The summed E-state index contributed by atoms with van der Waals surface area (Å²) >= 11 is 1.28. The number of ether oxygens (including phenoxy) is 1. The van der Waals surface area contributed by atoms with E-state index in [9.17, 15) is 8.78 Å². The molecule has 4 nitrogen and oxygen atoms in total. The van der Waals surface area contributed by atoms with Crippen LogP contribution >= 0.6 is 11.3 Å². The minimum absolute atomic E-state index is 0.233. The van der Waals surface area contributed by atoms with Crippen LogP contribution in [0.3, 0.4) is 0 Å². The van der Waals surface area contributed by atoms with Gasteiger partial charge in [-0.1, -0.05) is 11.3 Å². The highest BCUT2D eigenvalue weighted by molar-refractivity contribution is 7.22. The predicted molar refractivity (Wildman–Crippen MR) is 79.9 cm³/mol. The summed E-state index contributed by atoms with van der Waals surface area (Å²) in [6.45, 7) is 5.33. The van der Waals surface area contributed by atoms with Gasteiger partial charge >= 0.3 is 0 Å². The van der Waals surface area contributed by atoms with Gasteiger partial charge in [-0.05, 0) is 19.0 Å². The topological polar surface area (TPSA) is 37.4 Å². The van der Waals surface area contributed by atoms with Crippen LogP contribution in [0, 0.1) is 11.6 Å². The van der Waals surface area contributed by atoms with E-state index in [1.54, 1.807) is 0 Å². The van der Waals surface area contributed by atoms with Crippen molar-refractivity contribution >= 4 is 26.7 Å². The normalized spacial score (nSPS) is 16.5. The van der Waals surface area contributed by atoms with E-state index in [4.69, 9.17) is 4.74 Å². The average molecular weight is 313 g/mol. The molecule has 0 radical (unpaired) electrons. The largest absolute Gasteiger partial charge is 0.379 e. The molecule has 1 aliphatic rings. The van der Waals surface area contributed by atoms with Crippen LogP contribution in [0.2, 0.25) is 0 Å². The zero-order valence-electron chi connectivity index (χ0n) is 11.6. The Bertz CT molecular complexity index is 614. The zero-order chi connectivity index (χ0) is 14.7. The molecule has 0 atom stereocenters. The van der Waals surface area contributed by atoms with Gasteiger partial charge in [0.25, 0.3) is 0 Å². The van der Waals surface area contributed by atoms with Crippen molar-refractivity contribution in [1.82, 2.24) is 9.88 Å². The van der Waals surface area contributed by atoms with Crippen molar-refractivity contribution in [1.29, 1.82) is 0 Å². The van der Waals surface area contributed by atoms with Crippen molar-refractivity contribution < 1.29 is 13.5 Å². The summed E-state index contributed by atoms with van der Waals surface area (Å²) in [5, 5.41) is 3.82. The van der Waals surface area contributed by atoms with E-state index >= 15 is 0 Å². The number of morpholine rings is 1. The molecule has 1 saturated heterocycles. The molecule has 0 saturated carbocycles. The lowest BCUT2D eigenvalue weighted by Gasteiger charge is -2.26. The number of halogens is 2. The minimum Gasteiger partial charge on any atom is -0.379 e. The zero-order valence-corrected chi connectivity index (χ0v) is 12.4. The number of fused-ring (bicyclic) bond motifs is 1. The van der Waals surface area contributed by atoms with Crippen molar-refractivity contribution in [2.45, 2.75) is 6.42 Å². The molecule has 0 bridgehead atoms. The second-order valence-electron chi connectivity index (χ2n) is 4.99. The average Bonchev–Trinajstić information content (AvgIpc) is 2.88.